The molecule has 0 bridgehead atoms. The number of nitrogens with one attached hydrogen (secondary N) is 1. The van der Waals surface area contributed by atoms with Gasteiger partial charge in [0.1, 0.15) is 11.9 Å². The molecule has 0 saturated carbocycles. The van der Waals surface area contributed by atoms with Crippen molar-refractivity contribution in [2.45, 2.75) is 24.3 Å². The van der Waals surface area contributed by atoms with Crippen LogP contribution in [0.25, 0.3) is 0 Å². The summed E-state index contributed by atoms with van der Waals surface area (Å²) in [6.07, 6.45) is 0.307. The molecule has 1 unspecified atom stereocenters. The Bertz CT molecular complexity index is 940. The maximum Gasteiger partial charge on any atom is 0.245 e. The zero-order chi connectivity index (χ0) is 18.9. The van der Waals surface area contributed by atoms with Crippen molar-refractivity contribution in [3.05, 3.63) is 59.9 Å². The number of hydrogen-bond acceptors (Lipinski definition) is 4. The summed E-state index contributed by atoms with van der Waals surface area (Å²) < 4.78 is 40.4. The van der Waals surface area contributed by atoms with Crippen LogP contribution >= 0.6 is 0 Å². The van der Waals surface area contributed by atoms with Crippen molar-refractivity contribution in [1.82, 2.24) is 4.72 Å². The number of anilines is 1. The molecule has 1 saturated heterocycles. The lowest BCUT2D eigenvalue weighted by molar-refractivity contribution is -0.118. The number of nitrogens with zero attached hydrogens (tertiary/aromatic N) is 1. The van der Waals surface area contributed by atoms with E-state index in [1.54, 1.807) is 0 Å². The summed E-state index contributed by atoms with van der Waals surface area (Å²) in [5, 5.41) is 0. The topological polar surface area (TPSA) is 83.6 Å². The number of carbonyl (C=O) groups is 2. The summed E-state index contributed by atoms with van der Waals surface area (Å²) in [5.41, 5.74) is 0.923. The number of Topliss-reactive ketones (excluding diaryl/α,β-unsaturated/α-hetero) is 1. The summed E-state index contributed by atoms with van der Waals surface area (Å²) in [6.45, 7) is 1.73. The van der Waals surface area contributed by atoms with E-state index in [0.717, 1.165) is 0 Å². The minimum Gasteiger partial charge on any atom is -0.311 e. The second-order valence-electron chi connectivity index (χ2n) is 6.01. The molecule has 1 aliphatic heterocycles. The van der Waals surface area contributed by atoms with Gasteiger partial charge in [-0.2, -0.15) is 4.72 Å². The molecule has 8 heteroatoms. The van der Waals surface area contributed by atoms with Crippen molar-refractivity contribution < 1.29 is 22.4 Å². The van der Waals surface area contributed by atoms with Gasteiger partial charge in [0, 0.05) is 17.8 Å². The van der Waals surface area contributed by atoms with Gasteiger partial charge in [-0.05, 0) is 49.7 Å². The van der Waals surface area contributed by atoms with E-state index in [0.29, 0.717) is 24.2 Å². The van der Waals surface area contributed by atoms with Gasteiger partial charge in [-0.15, -0.1) is 0 Å². The first-order chi connectivity index (χ1) is 12.3. The first-order valence-electron chi connectivity index (χ1n) is 7.98. The number of halogens is 1. The first kappa shape index (κ1) is 18.2. The van der Waals surface area contributed by atoms with Gasteiger partial charge in [-0.3, -0.25) is 9.59 Å². The fraction of sp³-hybridized carbons (Fsp3) is 0.222. The molecule has 1 fully saturated rings. The molecule has 1 N–H and O–H groups in total. The molecule has 0 spiro atoms. The van der Waals surface area contributed by atoms with Crippen LogP contribution in [0.1, 0.15) is 23.7 Å². The lowest BCUT2D eigenvalue weighted by atomic mass is 10.2. The number of benzene rings is 2. The van der Waals surface area contributed by atoms with Gasteiger partial charge in [-0.1, -0.05) is 12.1 Å². The molecule has 0 radical (unpaired) electrons. The fourth-order valence-corrected chi connectivity index (χ4v) is 4.01. The van der Waals surface area contributed by atoms with E-state index < -0.39 is 21.9 Å². The van der Waals surface area contributed by atoms with E-state index in [4.69, 9.17) is 0 Å². The second-order valence-corrected chi connectivity index (χ2v) is 7.72. The van der Waals surface area contributed by atoms with E-state index >= 15 is 0 Å². The predicted octanol–water partition coefficient (Wildman–Crippen LogP) is 2.11. The van der Waals surface area contributed by atoms with Crippen LogP contribution in [0.5, 0.6) is 0 Å². The maximum absolute atomic E-state index is 13.0. The highest BCUT2D eigenvalue weighted by atomic mass is 32.2. The SMILES string of the molecule is CC(=O)c1ccc(S(=O)(=O)NC2CCN(c3ccc(F)cc3)C2=O)cc1. The van der Waals surface area contributed by atoms with E-state index in [2.05, 4.69) is 4.72 Å². The Labute approximate surface area is 150 Å². The Morgan fingerprint density at radius 3 is 2.31 bits per heavy atom. The number of amides is 1. The van der Waals surface area contributed by atoms with Gasteiger partial charge in [-0.25, -0.2) is 12.8 Å². The van der Waals surface area contributed by atoms with Crippen molar-refractivity contribution in [2.75, 3.05) is 11.4 Å². The monoisotopic (exact) mass is 376 g/mol. The zero-order valence-corrected chi connectivity index (χ0v) is 14.8. The van der Waals surface area contributed by atoms with Crippen LogP contribution in [0, 0.1) is 5.82 Å². The van der Waals surface area contributed by atoms with E-state index in [9.17, 15) is 22.4 Å². The summed E-state index contributed by atoms with van der Waals surface area (Å²) in [4.78, 5) is 25.2. The minimum absolute atomic E-state index is 0.0180. The molecule has 6 nitrogen and oxygen atoms in total. The molecule has 1 atom stereocenters. The van der Waals surface area contributed by atoms with Crippen molar-refractivity contribution >= 4 is 27.4 Å². The molecule has 0 aromatic heterocycles. The Morgan fingerprint density at radius 2 is 1.73 bits per heavy atom. The van der Waals surface area contributed by atoms with Crippen molar-refractivity contribution in [3.63, 3.8) is 0 Å². The largest absolute Gasteiger partial charge is 0.311 e. The third-order valence-electron chi connectivity index (χ3n) is 4.21. The molecule has 0 aliphatic carbocycles. The maximum atomic E-state index is 13.0. The van der Waals surface area contributed by atoms with Crippen LogP contribution < -0.4 is 9.62 Å². The van der Waals surface area contributed by atoms with E-state index in [1.165, 1.54) is 60.4 Å². The molecule has 1 heterocycles. The highest BCUT2D eigenvalue weighted by molar-refractivity contribution is 7.89. The molecule has 2 aromatic carbocycles. The number of carbonyl (C=O) groups excluding carboxylic acids is 2. The quantitative estimate of drug-likeness (QED) is 0.810. The van der Waals surface area contributed by atoms with E-state index in [-0.39, 0.29) is 16.6 Å². The lowest BCUT2D eigenvalue weighted by Gasteiger charge is -2.17. The average Bonchev–Trinajstić information content (AvgIpc) is 2.96. The molecule has 3 rings (SSSR count). The number of hydrogen-bond donors (Lipinski definition) is 1. The third kappa shape index (κ3) is 3.66. The molecule has 1 aliphatic rings. The summed E-state index contributed by atoms with van der Waals surface area (Å²) in [5.74, 6) is -0.963. The summed E-state index contributed by atoms with van der Waals surface area (Å²) in [7, 11) is -3.90. The Morgan fingerprint density at radius 1 is 1.12 bits per heavy atom. The summed E-state index contributed by atoms with van der Waals surface area (Å²) >= 11 is 0. The molecule has 136 valence electrons. The predicted molar refractivity (Wildman–Crippen MR) is 93.9 cm³/mol. The number of ketones is 1. The normalized spacial score (nSPS) is 17.5. The molecular formula is C18H17FN2O4S. The highest BCUT2D eigenvalue weighted by Gasteiger charge is 2.35. The number of sulfonamides is 1. The average molecular weight is 376 g/mol. The Kier molecular flexibility index (Phi) is 4.88. The smallest absolute Gasteiger partial charge is 0.245 e. The van der Waals surface area contributed by atoms with Crippen LogP contribution in [-0.2, 0) is 14.8 Å². The first-order valence-corrected chi connectivity index (χ1v) is 9.46. The van der Waals surface area contributed by atoms with Gasteiger partial charge in [0.2, 0.25) is 15.9 Å². The van der Waals surface area contributed by atoms with Crippen LogP contribution in [0.4, 0.5) is 10.1 Å². The molecule has 2 aromatic rings. The van der Waals surface area contributed by atoms with Gasteiger partial charge in [0.15, 0.2) is 5.78 Å². The Hall–Kier alpha value is -2.58. The van der Waals surface area contributed by atoms with Gasteiger partial charge in [0.05, 0.1) is 4.90 Å². The van der Waals surface area contributed by atoms with Gasteiger partial charge >= 0.3 is 0 Å². The summed E-state index contributed by atoms with van der Waals surface area (Å²) in [6, 6.07) is 10.1. The molecular weight excluding hydrogens is 359 g/mol. The zero-order valence-electron chi connectivity index (χ0n) is 14.0. The third-order valence-corrected chi connectivity index (χ3v) is 5.70. The van der Waals surface area contributed by atoms with Crippen LogP contribution in [0.2, 0.25) is 0 Å². The van der Waals surface area contributed by atoms with Crippen molar-refractivity contribution in [1.29, 1.82) is 0 Å². The van der Waals surface area contributed by atoms with Crippen LogP contribution in [0.3, 0.4) is 0 Å². The highest BCUT2D eigenvalue weighted by Crippen LogP contribution is 2.23. The van der Waals surface area contributed by atoms with Gasteiger partial charge in [0.25, 0.3) is 0 Å². The lowest BCUT2D eigenvalue weighted by Crippen LogP contribution is -2.41. The Balaban J connectivity index is 1.75. The van der Waals surface area contributed by atoms with Crippen molar-refractivity contribution in [2.24, 2.45) is 0 Å². The van der Waals surface area contributed by atoms with Gasteiger partial charge < -0.3 is 4.90 Å². The number of rotatable bonds is 5. The van der Waals surface area contributed by atoms with Crippen LogP contribution in [0.15, 0.2) is 53.4 Å². The minimum atomic E-state index is -3.90. The van der Waals surface area contributed by atoms with Crippen LogP contribution in [-0.4, -0.2) is 32.7 Å². The second kappa shape index (κ2) is 6.97. The van der Waals surface area contributed by atoms with Crippen molar-refractivity contribution in [3.8, 4) is 0 Å². The van der Waals surface area contributed by atoms with E-state index in [1.807, 2.05) is 0 Å². The molecule has 1 amide bonds. The standard InChI is InChI=1S/C18H17FN2O4S/c1-12(22)13-2-8-16(9-3-13)26(24,25)20-17-10-11-21(18(17)23)15-6-4-14(19)5-7-15/h2-9,17,20H,10-11H2,1H3. The fourth-order valence-electron chi connectivity index (χ4n) is 2.79. The molecule has 26 heavy (non-hydrogen) atoms.